The summed E-state index contributed by atoms with van der Waals surface area (Å²) in [6.07, 6.45) is 0.483. The molecule has 8 heteroatoms. The lowest BCUT2D eigenvalue weighted by Crippen LogP contribution is -2.32. The van der Waals surface area contributed by atoms with Crippen LogP contribution in [0.1, 0.15) is 33.6 Å². The molecular weight excluding hydrogens is 290 g/mol. The molecule has 2 aliphatic heterocycles. The highest BCUT2D eigenvalue weighted by molar-refractivity contribution is 5.72. The quantitative estimate of drug-likeness (QED) is 0.235. The molecule has 22 heavy (non-hydrogen) atoms. The molecule has 2 rings (SSSR count). The standard InChI is InChI=1S/C14H23N3O5/c1-5-8(13(18)19-4)6-9-11(20-9)12-10(7-16-17-15)21-14(2,3)22-12/h8-12H,5-7H2,1-4H3/t8-,9+,10+,11-,12+/m0/s1. The maximum Gasteiger partial charge on any atom is 0.308 e. The van der Waals surface area contributed by atoms with Gasteiger partial charge in [-0.05, 0) is 32.2 Å². The zero-order valence-electron chi connectivity index (χ0n) is 13.4. The highest BCUT2D eigenvalue weighted by Gasteiger charge is 2.55. The molecule has 124 valence electrons. The van der Waals surface area contributed by atoms with Crippen LogP contribution in [0.3, 0.4) is 0 Å². The van der Waals surface area contributed by atoms with Crippen LogP contribution in [-0.4, -0.2) is 49.8 Å². The molecular formula is C14H23N3O5. The van der Waals surface area contributed by atoms with Crippen LogP contribution < -0.4 is 0 Å². The minimum Gasteiger partial charge on any atom is -0.469 e. The molecule has 5 atom stereocenters. The van der Waals surface area contributed by atoms with Gasteiger partial charge in [0.05, 0.1) is 31.8 Å². The van der Waals surface area contributed by atoms with Gasteiger partial charge in [-0.3, -0.25) is 4.79 Å². The molecule has 0 aromatic heterocycles. The van der Waals surface area contributed by atoms with Gasteiger partial charge in [0.15, 0.2) is 5.79 Å². The van der Waals surface area contributed by atoms with Crippen molar-refractivity contribution in [3.05, 3.63) is 10.4 Å². The first-order valence-electron chi connectivity index (χ1n) is 7.51. The number of azide groups is 1. The van der Waals surface area contributed by atoms with Crippen molar-refractivity contribution >= 4 is 5.97 Å². The molecule has 0 bridgehead atoms. The van der Waals surface area contributed by atoms with Crippen molar-refractivity contribution in [2.75, 3.05) is 13.7 Å². The van der Waals surface area contributed by atoms with E-state index in [1.165, 1.54) is 7.11 Å². The molecule has 0 aliphatic carbocycles. The van der Waals surface area contributed by atoms with Crippen LogP contribution in [0.5, 0.6) is 0 Å². The minimum atomic E-state index is -0.733. The van der Waals surface area contributed by atoms with Crippen molar-refractivity contribution in [1.82, 2.24) is 0 Å². The number of nitrogens with zero attached hydrogens (tertiary/aromatic N) is 3. The van der Waals surface area contributed by atoms with Crippen LogP contribution in [0.25, 0.3) is 10.4 Å². The predicted molar refractivity (Wildman–Crippen MR) is 76.9 cm³/mol. The first kappa shape index (κ1) is 17.0. The van der Waals surface area contributed by atoms with Crippen LogP contribution in [0.4, 0.5) is 0 Å². The number of methoxy groups -OCH3 is 1. The van der Waals surface area contributed by atoms with Gasteiger partial charge in [0.25, 0.3) is 0 Å². The summed E-state index contributed by atoms with van der Waals surface area (Å²) in [6.45, 7) is 5.78. The Labute approximate surface area is 129 Å². The summed E-state index contributed by atoms with van der Waals surface area (Å²) in [5.74, 6) is -1.12. The van der Waals surface area contributed by atoms with Gasteiger partial charge in [-0.25, -0.2) is 0 Å². The molecule has 0 unspecified atom stereocenters. The van der Waals surface area contributed by atoms with Gasteiger partial charge in [-0.2, -0.15) is 0 Å². The molecule has 0 N–H and O–H groups in total. The number of esters is 1. The number of carbonyl (C=O) groups excluding carboxylic acids is 1. The van der Waals surface area contributed by atoms with Gasteiger partial charge in [-0.1, -0.05) is 12.0 Å². The van der Waals surface area contributed by atoms with E-state index < -0.39 is 5.79 Å². The summed E-state index contributed by atoms with van der Waals surface area (Å²) in [7, 11) is 1.39. The van der Waals surface area contributed by atoms with Crippen molar-refractivity contribution < 1.29 is 23.7 Å². The van der Waals surface area contributed by atoms with Gasteiger partial charge in [0, 0.05) is 4.91 Å². The molecule has 2 saturated heterocycles. The van der Waals surface area contributed by atoms with Gasteiger partial charge < -0.3 is 18.9 Å². The van der Waals surface area contributed by atoms with E-state index in [0.29, 0.717) is 12.8 Å². The summed E-state index contributed by atoms with van der Waals surface area (Å²) in [5, 5.41) is 3.57. The Bertz CT molecular complexity index is 463. The highest BCUT2D eigenvalue weighted by atomic mass is 16.8. The van der Waals surface area contributed by atoms with Crippen LogP contribution in [-0.2, 0) is 23.7 Å². The topological polar surface area (TPSA) is 106 Å². The second-order valence-electron chi connectivity index (χ2n) is 6.06. The zero-order chi connectivity index (χ0) is 16.3. The Morgan fingerprint density at radius 1 is 1.36 bits per heavy atom. The van der Waals surface area contributed by atoms with Gasteiger partial charge in [0.1, 0.15) is 12.2 Å². The summed E-state index contributed by atoms with van der Waals surface area (Å²) in [5.41, 5.74) is 8.47. The molecule has 2 aliphatic rings. The monoisotopic (exact) mass is 313 g/mol. The summed E-state index contributed by atoms with van der Waals surface area (Å²) < 4.78 is 22.1. The molecule has 0 radical (unpaired) electrons. The molecule has 0 saturated carbocycles. The number of epoxide rings is 1. The van der Waals surface area contributed by atoms with E-state index >= 15 is 0 Å². The van der Waals surface area contributed by atoms with Crippen molar-refractivity contribution in [3.63, 3.8) is 0 Å². The van der Waals surface area contributed by atoms with Crippen molar-refractivity contribution in [1.29, 1.82) is 0 Å². The fraction of sp³-hybridized carbons (Fsp3) is 0.929. The predicted octanol–water partition coefficient (Wildman–Crippen LogP) is 2.17. The van der Waals surface area contributed by atoms with Crippen LogP contribution >= 0.6 is 0 Å². The van der Waals surface area contributed by atoms with Gasteiger partial charge in [-0.15, -0.1) is 0 Å². The van der Waals surface area contributed by atoms with Crippen molar-refractivity contribution in [3.8, 4) is 0 Å². The van der Waals surface area contributed by atoms with Crippen molar-refractivity contribution in [2.45, 2.75) is 63.8 Å². The van der Waals surface area contributed by atoms with E-state index in [1.54, 1.807) is 0 Å². The number of hydrogen-bond donors (Lipinski definition) is 0. The number of ether oxygens (including phenoxy) is 4. The van der Waals surface area contributed by atoms with E-state index in [1.807, 2.05) is 20.8 Å². The molecule has 8 nitrogen and oxygen atoms in total. The van der Waals surface area contributed by atoms with E-state index in [-0.39, 0.29) is 42.8 Å². The fourth-order valence-corrected chi connectivity index (χ4v) is 2.91. The Balaban J connectivity index is 1.94. The summed E-state index contributed by atoms with van der Waals surface area (Å²) >= 11 is 0. The molecule has 2 fully saturated rings. The Morgan fingerprint density at radius 2 is 2.09 bits per heavy atom. The maximum atomic E-state index is 11.7. The van der Waals surface area contributed by atoms with Crippen LogP contribution in [0.15, 0.2) is 5.11 Å². The molecule has 0 amide bonds. The van der Waals surface area contributed by atoms with Gasteiger partial charge in [0.2, 0.25) is 0 Å². The van der Waals surface area contributed by atoms with E-state index in [4.69, 9.17) is 24.5 Å². The second-order valence-corrected chi connectivity index (χ2v) is 6.06. The lowest BCUT2D eigenvalue weighted by molar-refractivity contribution is -0.147. The molecule has 0 spiro atoms. The third-order valence-electron chi connectivity index (χ3n) is 4.04. The number of carbonyl (C=O) groups is 1. The fourth-order valence-electron chi connectivity index (χ4n) is 2.91. The lowest BCUT2D eigenvalue weighted by atomic mass is 9.97. The first-order valence-corrected chi connectivity index (χ1v) is 7.51. The largest absolute Gasteiger partial charge is 0.469 e. The number of hydrogen-bond acceptors (Lipinski definition) is 6. The Hall–Kier alpha value is -1.34. The Kier molecular flexibility index (Phi) is 5.28. The Morgan fingerprint density at radius 3 is 2.68 bits per heavy atom. The lowest BCUT2D eigenvalue weighted by Gasteiger charge is -2.16. The smallest absolute Gasteiger partial charge is 0.308 e. The van der Waals surface area contributed by atoms with Crippen molar-refractivity contribution in [2.24, 2.45) is 11.0 Å². The zero-order valence-corrected chi connectivity index (χ0v) is 13.4. The highest BCUT2D eigenvalue weighted by Crippen LogP contribution is 2.41. The third kappa shape index (κ3) is 3.89. The normalized spacial score (nSPS) is 33.8. The van der Waals surface area contributed by atoms with Crippen LogP contribution in [0, 0.1) is 5.92 Å². The molecule has 0 aromatic rings. The van der Waals surface area contributed by atoms with E-state index in [9.17, 15) is 4.79 Å². The average Bonchev–Trinajstić information content (AvgIpc) is 3.18. The minimum absolute atomic E-state index is 0.0554. The molecule has 0 aromatic carbocycles. The van der Waals surface area contributed by atoms with E-state index in [0.717, 1.165) is 0 Å². The maximum absolute atomic E-state index is 11.7. The van der Waals surface area contributed by atoms with Gasteiger partial charge >= 0.3 is 5.97 Å². The van der Waals surface area contributed by atoms with E-state index in [2.05, 4.69) is 10.0 Å². The number of rotatable bonds is 7. The second kappa shape index (κ2) is 6.83. The SMILES string of the molecule is CC[C@@H](C[C@H]1O[C@@H]1[C@@H]1OC(C)(C)O[C@@H]1CN=[N+]=[N-])C(=O)OC. The molecule has 2 heterocycles. The third-order valence-corrected chi connectivity index (χ3v) is 4.04. The summed E-state index contributed by atoms with van der Waals surface area (Å²) in [4.78, 5) is 14.4. The first-order chi connectivity index (χ1) is 10.4. The van der Waals surface area contributed by atoms with Crippen LogP contribution in [0.2, 0.25) is 0 Å². The summed E-state index contributed by atoms with van der Waals surface area (Å²) in [6, 6.07) is 0. The average molecular weight is 313 g/mol.